The van der Waals surface area contributed by atoms with Crippen LogP contribution in [0, 0.1) is 0 Å². The van der Waals surface area contributed by atoms with Gasteiger partial charge in [0.25, 0.3) is 0 Å². The molecule has 5 heteroatoms. The molecule has 2 aromatic carbocycles. The van der Waals surface area contributed by atoms with Crippen LogP contribution in [0.25, 0.3) is 10.1 Å². The average molecular weight is 311 g/mol. The van der Waals surface area contributed by atoms with Crippen molar-refractivity contribution >= 4 is 33.1 Å². The minimum Gasteiger partial charge on any atom is -0.476 e. The van der Waals surface area contributed by atoms with E-state index in [0.29, 0.717) is 4.88 Å². The third-order valence-electron chi connectivity index (χ3n) is 3.09. The van der Waals surface area contributed by atoms with Crippen LogP contribution in [0.1, 0.15) is 10.4 Å². The maximum atomic E-state index is 11.4. The molecule has 3 rings (SSSR count). The molecule has 0 radical (unpaired) electrons. The monoisotopic (exact) mass is 311 g/mol. The lowest BCUT2D eigenvalue weighted by Crippen LogP contribution is -2.13. The van der Waals surface area contributed by atoms with E-state index >= 15 is 0 Å². The standard InChI is InChI=1S/C17H13NO3S/c19-17(20)16(18-21-11-12-6-2-1-3-7-12)15-10-13-8-4-5-9-14(13)22-15/h1-10H,11H2,(H,19,20). The summed E-state index contributed by atoms with van der Waals surface area (Å²) in [5.41, 5.74) is 0.865. The quantitative estimate of drug-likeness (QED) is 0.574. The van der Waals surface area contributed by atoms with Crippen molar-refractivity contribution in [2.45, 2.75) is 6.61 Å². The van der Waals surface area contributed by atoms with Gasteiger partial charge in [0.05, 0.1) is 4.88 Å². The number of hydrogen-bond donors (Lipinski definition) is 1. The molecule has 3 aromatic rings. The molecule has 0 saturated carbocycles. The molecule has 1 heterocycles. The Morgan fingerprint density at radius 1 is 1.09 bits per heavy atom. The van der Waals surface area contributed by atoms with E-state index < -0.39 is 5.97 Å². The highest BCUT2D eigenvalue weighted by Gasteiger charge is 2.16. The van der Waals surface area contributed by atoms with E-state index in [2.05, 4.69) is 5.16 Å². The predicted octanol–water partition coefficient (Wildman–Crippen LogP) is 3.91. The number of hydrogen-bond acceptors (Lipinski definition) is 4. The SMILES string of the molecule is O=C(O)C(=NOCc1ccccc1)c1cc2ccccc2s1. The number of fused-ring (bicyclic) bond motifs is 1. The fraction of sp³-hybridized carbons (Fsp3) is 0.0588. The molecule has 0 spiro atoms. The topological polar surface area (TPSA) is 58.9 Å². The summed E-state index contributed by atoms with van der Waals surface area (Å²) in [6.07, 6.45) is 0. The molecule has 4 nitrogen and oxygen atoms in total. The number of aliphatic carboxylic acids is 1. The second-order valence-electron chi connectivity index (χ2n) is 4.65. The van der Waals surface area contributed by atoms with Gasteiger partial charge in [-0.25, -0.2) is 4.79 Å². The van der Waals surface area contributed by atoms with Crippen LogP contribution in [0.15, 0.2) is 65.8 Å². The fourth-order valence-electron chi connectivity index (χ4n) is 2.03. The van der Waals surface area contributed by atoms with Crippen molar-refractivity contribution in [1.82, 2.24) is 0 Å². The number of oxime groups is 1. The normalized spacial score (nSPS) is 11.5. The number of carboxylic acid groups (broad SMARTS) is 1. The van der Waals surface area contributed by atoms with Crippen molar-refractivity contribution < 1.29 is 14.7 Å². The molecule has 1 N–H and O–H groups in total. The molecular formula is C17H13NO3S. The van der Waals surface area contributed by atoms with Crippen LogP contribution in [0.5, 0.6) is 0 Å². The molecular weight excluding hydrogens is 298 g/mol. The van der Waals surface area contributed by atoms with Crippen LogP contribution in [-0.2, 0) is 16.2 Å². The first-order valence-electron chi connectivity index (χ1n) is 6.70. The lowest BCUT2D eigenvalue weighted by atomic mass is 10.2. The average Bonchev–Trinajstić information content (AvgIpc) is 2.95. The van der Waals surface area contributed by atoms with E-state index in [1.54, 1.807) is 0 Å². The number of benzene rings is 2. The Labute approximate surface area is 131 Å². The highest BCUT2D eigenvalue weighted by molar-refractivity contribution is 7.21. The van der Waals surface area contributed by atoms with E-state index in [-0.39, 0.29) is 12.3 Å². The first-order valence-corrected chi connectivity index (χ1v) is 7.52. The van der Waals surface area contributed by atoms with Gasteiger partial charge in [0.2, 0.25) is 5.71 Å². The summed E-state index contributed by atoms with van der Waals surface area (Å²) in [7, 11) is 0. The Morgan fingerprint density at radius 3 is 2.55 bits per heavy atom. The maximum Gasteiger partial charge on any atom is 0.359 e. The number of carboxylic acids is 1. The van der Waals surface area contributed by atoms with Gasteiger partial charge < -0.3 is 9.94 Å². The lowest BCUT2D eigenvalue weighted by molar-refractivity contribution is -0.129. The van der Waals surface area contributed by atoms with Crippen LogP contribution >= 0.6 is 11.3 Å². The predicted molar refractivity (Wildman–Crippen MR) is 87.2 cm³/mol. The van der Waals surface area contributed by atoms with Crippen molar-refractivity contribution in [1.29, 1.82) is 0 Å². The van der Waals surface area contributed by atoms with Gasteiger partial charge in [-0.3, -0.25) is 0 Å². The highest BCUT2D eigenvalue weighted by atomic mass is 32.1. The summed E-state index contributed by atoms with van der Waals surface area (Å²) in [5.74, 6) is -1.10. The van der Waals surface area contributed by atoms with Crippen LogP contribution in [0.2, 0.25) is 0 Å². The zero-order chi connectivity index (χ0) is 15.4. The molecule has 0 atom stereocenters. The van der Waals surface area contributed by atoms with Gasteiger partial charge in [0.1, 0.15) is 6.61 Å². The maximum absolute atomic E-state index is 11.4. The third kappa shape index (κ3) is 3.15. The molecule has 0 aliphatic heterocycles. The lowest BCUT2D eigenvalue weighted by Gasteiger charge is -2.01. The largest absolute Gasteiger partial charge is 0.476 e. The van der Waals surface area contributed by atoms with Gasteiger partial charge in [0, 0.05) is 4.70 Å². The Hall–Kier alpha value is -2.66. The molecule has 0 bridgehead atoms. The van der Waals surface area contributed by atoms with Crippen LogP contribution in [0.3, 0.4) is 0 Å². The van der Waals surface area contributed by atoms with E-state index in [1.807, 2.05) is 60.7 Å². The second kappa shape index (κ2) is 6.41. The molecule has 0 aliphatic rings. The van der Waals surface area contributed by atoms with Gasteiger partial charge in [-0.05, 0) is 23.1 Å². The summed E-state index contributed by atoms with van der Waals surface area (Å²) in [5, 5.41) is 14.2. The zero-order valence-corrected chi connectivity index (χ0v) is 12.4. The molecule has 1 aromatic heterocycles. The van der Waals surface area contributed by atoms with Crippen LogP contribution < -0.4 is 0 Å². The molecule has 0 amide bonds. The smallest absolute Gasteiger partial charge is 0.359 e. The summed E-state index contributed by atoms with van der Waals surface area (Å²) in [4.78, 5) is 17.2. The highest BCUT2D eigenvalue weighted by Crippen LogP contribution is 2.26. The van der Waals surface area contributed by atoms with Crippen molar-refractivity contribution in [3.63, 3.8) is 0 Å². The van der Waals surface area contributed by atoms with Crippen LogP contribution in [0.4, 0.5) is 0 Å². The molecule has 0 fully saturated rings. The van der Waals surface area contributed by atoms with Gasteiger partial charge in [-0.15, -0.1) is 11.3 Å². The van der Waals surface area contributed by atoms with E-state index in [4.69, 9.17) is 4.84 Å². The minimum atomic E-state index is -1.10. The van der Waals surface area contributed by atoms with Gasteiger partial charge >= 0.3 is 5.97 Å². The van der Waals surface area contributed by atoms with E-state index in [1.165, 1.54) is 11.3 Å². The number of thiophene rings is 1. The molecule has 0 unspecified atom stereocenters. The fourth-order valence-corrected chi connectivity index (χ4v) is 3.07. The Bertz CT molecular complexity index is 791. The molecule has 0 saturated heterocycles. The number of nitrogens with zero attached hydrogens (tertiary/aromatic N) is 1. The minimum absolute atomic E-state index is 0.0721. The van der Waals surface area contributed by atoms with Crippen molar-refractivity contribution in [3.05, 3.63) is 71.1 Å². The Kier molecular flexibility index (Phi) is 4.16. The van der Waals surface area contributed by atoms with Crippen molar-refractivity contribution in [2.75, 3.05) is 0 Å². The van der Waals surface area contributed by atoms with Crippen molar-refractivity contribution in [3.8, 4) is 0 Å². The van der Waals surface area contributed by atoms with Gasteiger partial charge in [0.15, 0.2) is 0 Å². The summed E-state index contributed by atoms with van der Waals surface area (Å²) >= 11 is 1.39. The van der Waals surface area contributed by atoms with Gasteiger partial charge in [-0.1, -0.05) is 53.7 Å². The summed E-state index contributed by atoms with van der Waals surface area (Å²) in [6, 6.07) is 19.1. The summed E-state index contributed by atoms with van der Waals surface area (Å²) < 4.78 is 1.02. The van der Waals surface area contributed by atoms with E-state index in [0.717, 1.165) is 15.6 Å². The molecule has 0 aliphatic carbocycles. The molecule has 110 valence electrons. The van der Waals surface area contributed by atoms with E-state index in [9.17, 15) is 9.90 Å². The second-order valence-corrected chi connectivity index (χ2v) is 5.74. The zero-order valence-electron chi connectivity index (χ0n) is 11.6. The van der Waals surface area contributed by atoms with Gasteiger partial charge in [-0.2, -0.15) is 0 Å². The number of carbonyl (C=O) groups is 1. The van der Waals surface area contributed by atoms with Crippen LogP contribution in [-0.4, -0.2) is 16.8 Å². The third-order valence-corrected chi connectivity index (χ3v) is 4.21. The summed E-state index contributed by atoms with van der Waals surface area (Å²) in [6.45, 7) is 0.239. The first-order chi connectivity index (χ1) is 10.7. The van der Waals surface area contributed by atoms with Crippen molar-refractivity contribution in [2.24, 2.45) is 5.16 Å². The Balaban J connectivity index is 1.83. The number of rotatable bonds is 5. The Morgan fingerprint density at radius 2 is 1.82 bits per heavy atom. The first kappa shape index (κ1) is 14.3. The molecule has 22 heavy (non-hydrogen) atoms.